The van der Waals surface area contributed by atoms with Crippen molar-refractivity contribution >= 4 is 17.2 Å². The van der Waals surface area contributed by atoms with Gasteiger partial charge in [-0.05, 0) is 25.8 Å². The molecule has 2 aromatic rings. The molecule has 1 atom stereocenters. The third kappa shape index (κ3) is 3.41. The Morgan fingerprint density at radius 3 is 3.14 bits per heavy atom. The molecule has 6 nitrogen and oxygen atoms in total. The van der Waals surface area contributed by atoms with Gasteiger partial charge in [0, 0.05) is 36.3 Å². The number of carbonyl (C=O) groups is 1. The van der Waals surface area contributed by atoms with Crippen LogP contribution < -0.4 is 5.69 Å². The molecule has 0 bridgehead atoms. The van der Waals surface area contributed by atoms with Gasteiger partial charge >= 0.3 is 5.69 Å². The maximum absolute atomic E-state index is 12.4. The first-order valence-corrected chi connectivity index (χ1v) is 8.24. The second kappa shape index (κ2) is 6.39. The van der Waals surface area contributed by atoms with E-state index < -0.39 is 0 Å². The molecule has 2 aromatic heterocycles. The van der Waals surface area contributed by atoms with Crippen LogP contribution in [0.5, 0.6) is 0 Å². The van der Waals surface area contributed by atoms with E-state index in [0.717, 1.165) is 35.8 Å². The Hall–Kier alpha value is -2.02. The molecular formula is C15H18N4O2S. The van der Waals surface area contributed by atoms with E-state index in [1.165, 1.54) is 6.20 Å². The number of piperidine rings is 1. The maximum Gasteiger partial charge on any atom is 0.345 e. The minimum absolute atomic E-state index is 0.103. The van der Waals surface area contributed by atoms with Gasteiger partial charge < -0.3 is 9.88 Å². The Labute approximate surface area is 132 Å². The molecule has 0 radical (unpaired) electrons. The van der Waals surface area contributed by atoms with Gasteiger partial charge in [-0.3, -0.25) is 4.79 Å². The Morgan fingerprint density at radius 1 is 1.55 bits per heavy atom. The molecule has 0 saturated carbocycles. The molecule has 0 aliphatic carbocycles. The topological polar surface area (TPSA) is 79.0 Å². The van der Waals surface area contributed by atoms with Crippen molar-refractivity contribution in [1.82, 2.24) is 19.9 Å². The van der Waals surface area contributed by atoms with Crippen molar-refractivity contribution in [3.8, 4) is 0 Å². The molecule has 1 fully saturated rings. The summed E-state index contributed by atoms with van der Waals surface area (Å²) < 4.78 is 0. The number of carbonyl (C=O) groups excluding carboxylic acids is 1. The number of hydrogen-bond donors (Lipinski definition) is 1. The predicted molar refractivity (Wildman–Crippen MR) is 84.0 cm³/mol. The SMILES string of the molecule is Cc1nc(CC(=O)N2CCC[C@H](c3ccnc(=O)[nH]3)C2)cs1. The number of nitrogens with zero attached hydrogens (tertiary/aromatic N) is 3. The largest absolute Gasteiger partial charge is 0.345 e. The number of aryl methyl sites for hydroxylation is 1. The minimum atomic E-state index is -0.334. The Bertz CT molecular complexity index is 724. The zero-order valence-electron chi connectivity index (χ0n) is 12.4. The summed E-state index contributed by atoms with van der Waals surface area (Å²) in [4.78, 5) is 36.4. The zero-order valence-corrected chi connectivity index (χ0v) is 13.2. The van der Waals surface area contributed by atoms with E-state index in [-0.39, 0.29) is 17.5 Å². The number of amides is 1. The van der Waals surface area contributed by atoms with Gasteiger partial charge in [0.25, 0.3) is 0 Å². The lowest BCUT2D eigenvalue weighted by Crippen LogP contribution is -2.40. The summed E-state index contributed by atoms with van der Waals surface area (Å²) >= 11 is 1.56. The number of nitrogens with one attached hydrogen (secondary N) is 1. The summed E-state index contributed by atoms with van der Waals surface area (Å²) in [7, 11) is 0. The van der Waals surface area contributed by atoms with E-state index in [1.807, 2.05) is 23.3 Å². The Morgan fingerprint density at radius 2 is 2.41 bits per heavy atom. The Kier molecular flexibility index (Phi) is 4.33. The molecular weight excluding hydrogens is 300 g/mol. The van der Waals surface area contributed by atoms with Crippen LogP contribution in [0.1, 0.15) is 35.2 Å². The molecule has 1 N–H and O–H groups in total. The van der Waals surface area contributed by atoms with Gasteiger partial charge in [0.1, 0.15) is 0 Å². The second-order valence-electron chi connectivity index (χ2n) is 5.54. The van der Waals surface area contributed by atoms with Gasteiger partial charge in [-0.1, -0.05) is 0 Å². The van der Waals surface area contributed by atoms with Crippen LogP contribution in [0.25, 0.3) is 0 Å². The van der Waals surface area contributed by atoms with Gasteiger partial charge in [0.15, 0.2) is 0 Å². The number of aromatic amines is 1. The number of thiazole rings is 1. The highest BCUT2D eigenvalue weighted by Crippen LogP contribution is 2.25. The number of hydrogen-bond acceptors (Lipinski definition) is 5. The zero-order chi connectivity index (χ0) is 15.5. The van der Waals surface area contributed by atoms with E-state index in [1.54, 1.807) is 11.3 Å². The summed E-state index contributed by atoms with van der Waals surface area (Å²) in [5, 5.41) is 2.92. The normalized spacial score (nSPS) is 18.4. The lowest BCUT2D eigenvalue weighted by molar-refractivity contribution is -0.131. The highest BCUT2D eigenvalue weighted by Gasteiger charge is 2.25. The van der Waals surface area contributed by atoms with E-state index in [0.29, 0.717) is 13.0 Å². The van der Waals surface area contributed by atoms with Crippen LogP contribution in [0.4, 0.5) is 0 Å². The van der Waals surface area contributed by atoms with Crippen LogP contribution in [0.15, 0.2) is 22.4 Å². The highest BCUT2D eigenvalue weighted by molar-refractivity contribution is 7.09. The summed E-state index contributed by atoms with van der Waals surface area (Å²) in [5.74, 6) is 0.275. The second-order valence-corrected chi connectivity index (χ2v) is 6.61. The fourth-order valence-corrected chi connectivity index (χ4v) is 3.45. The molecule has 0 aromatic carbocycles. The van der Waals surface area contributed by atoms with Crippen LogP contribution in [-0.4, -0.2) is 38.8 Å². The van der Waals surface area contributed by atoms with E-state index >= 15 is 0 Å². The van der Waals surface area contributed by atoms with E-state index in [2.05, 4.69) is 15.0 Å². The van der Waals surface area contributed by atoms with Gasteiger partial charge in [-0.25, -0.2) is 14.8 Å². The molecule has 116 valence electrons. The molecule has 7 heteroatoms. The molecule has 1 aliphatic heterocycles. The van der Waals surface area contributed by atoms with Gasteiger partial charge in [-0.2, -0.15) is 0 Å². The molecule has 3 heterocycles. The molecule has 0 spiro atoms. The summed E-state index contributed by atoms with van der Waals surface area (Å²) in [6.45, 7) is 3.35. The average Bonchev–Trinajstić information content (AvgIpc) is 2.92. The number of H-pyrrole nitrogens is 1. The van der Waals surface area contributed by atoms with Crippen molar-refractivity contribution in [3.05, 3.63) is 44.5 Å². The first-order chi connectivity index (χ1) is 10.6. The quantitative estimate of drug-likeness (QED) is 0.930. The monoisotopic (exact) mass is 318 g/mol. The minimum Gasteiger partial charge on any atom is -0.342 e. The lowest BCUT2D eigenvalue weighted by Gasteiger charge is -2.32. The van der Waals surface area contributed by atoms with Crippen molar-refractivity contribution in [2.24, 2.45) is 0 Å². The van der Waals surface area contributed by atoms with Crippen molar-refractivity contribution in [1.29, 1.82) is 0 Å². The molecule has 0 unspecified atom stereocenters. The summed E-state index contributed by atoms with van der Waals surface area (Å²) in [6, 6.07) is 1.82. The van der Waals surface area contributed by atoms with Crippen LogP contribution in [0, 0.1) is 6.92 Å². The fourth-order valence-electron chi connectivity index (χ4n) is 2.83. The molecule has 1 aliphatic rings. The third-order valence-electron chi connectivity index (χ3n) is 3.91. The predicted octanol–water partition coefficient (Wildman–Crippen LogP) is 1.48. The van der Waals surface area contributed by atoms with Crippen molar-refractivity contribution in [2.75, 3.05) is 13.1 Å². The smallest absolute Gasteiger partial charge is 0.342 e. The number of aromatic nitrogens is 3. The summed E-state index contributed by atoms with van der Waals surface area (Å²) in [5.41, 5.74) is 1.37. The third-order valence-corrected chi connectivity index (χ3v) is 4.73. The van der Waals surface area contributed by atoms with Gasteiger partial charge in [-0.15, -0.1) is 11.3 Å². The standard InChI is InChI=1S/C15H18N4O2S/c1-10-17-12(9-22-10)7-14(20)19-6-2-3-11(8-19)13-4-5-16-15(21)18-13/h4-5,9,11H,2-3,6-8H2,1H3,(H,16,18,21)/t11-/m0/s1. The number of rotatable bonds is 3. The van der Waals surface area contributed by atoms with E-state index in [4.69, 9.17) is 0 Å². The fraction of sp³-hybridized carbons (Fsp3) is 0.467. The van der Waals surface area contributed by atoms with Crippen LogP contribution in [-0.2, 0) is 11.2 Å². The Balaban J connectivity index is 1.67. The molecule has 1 amide bonds. The van der Waals surface area contributed by atoms with Crippen LogP contribution in [0.3, 0.4) is 0 Å². The summed E-state index contributed by atoms with van der Waals surface area (Å²) in [6.07, 6.45) is 3.79. The van der Waals surface area contributed by atoms with Gasteiger partial charge in [0.05, 0.1) is 17.1 Å². The van der Waals surface area contributed by atoms with Crippen molar-refractivity contribution < 1.29 is 4.79 Å². The molecule has 22 heavy (non-hydrogen) atoms. The lowest BCUT2D eigenvalue weighted by atomic mass is 9.94. The van der Waals surface area contributed by atoms with E-state index in [9.17, 15) is 9.59 Å². The average molecular weight is 318 g/mol. The maximum atomic E-state index is 12.4. The molecule has 3 rings (SSSR count). The van der Waals surface area contributed by atoms with Crippen molar-refractivity contribution in [2.45, 2.75) is 32.1 Å². The first-order valence-electron chi connectivity index (χ1n) is 7.36. The van der Waals surface area contributed by atoms with Crippen molar-refractivity contribution in [3.63, 3.8) is 0 Å². The molecule has 1 saturated heterocycles. The van der Waals surface area contributed by atoms with Crippen LogP contribution >= 0.6 is 11.3 Å². The highest BCUT2D eigenvalue weighted by atomic mass is 32.1. The van der Waals surface area contributed by atoms with Crippen LogP contribution in [0.2, 0.25) is 0 Å². The number of likely N-dealkylation sites (tertiary alicyclic amines) is 1. The van der Waals surface area contributed by atoms with Gasteiger partial charge in [0.2, 0.25) is 5.91 Å². The first kappa shape index (κ1) is 14.9.